The van der Waals surface area contributed by atoms with E-state index in [1.54, 1.807) is 0 Å². The molecule has 0 aliphatic carbocycles. The summed E-state index contributed by atoms with van der Waals surface area (Å²) >= 11 is 0. The molecule has 18 heavy (non-hydrogen) atoms. The van der Waals surface area contributed by atoms with Crippen LogP contribution in [0.5, 0.6) is 0 Å². The normalized spacial score (nSPS) is 38.0. The monoisotopic (exact) mass is 251 g/mol. The van der Waals surface area contributed by atoms with Gasteiger partial charge in [0.15, 0.2) is 0 Å². The van der Waals surface area contributed by atoms with E-state index in [2.05, 4.69) is 22.2 Å². The van der Waals surface area contributed by atoms with E-state index in [1.165, 1.54) is 71.1 Å². The number of hydrogen-bond acceptors (Lipinski definition) is 3. The summed E-state index contributed by atoms with van der Waals surface area (Å²) in [6.45, 7) is 5.21. The van der Waals surface area contributed by atoms with Gasteiger partial charge in [-0.15, -0.1) is 0 Å². The Bertz CT molecular complexity index is 262. The average molecular weight is 251 g/mol. The van der Waals surface area contributed by atoms with E-state index < -0.39 is 0 Å². The molecule has 0 aromatic heterocycles. The Labute approximate surface area is 112 Å². The second-order valence-corrected chi connectivity index (χ2v) is 6.60. The van der Waals surface area contributed by atoms with Gasteiger partial charge in [-0.3, -0.25) is 0 Å². The van der Waals surface area contributed by atoms with Gasteiger partial charge in [0.05, 0.1) is 0 Å². The molecule has 3 fully saturated rings. The fraction of sp³-hybridized carbons (Fsp3) is 1.00. The zero-order valence-electron chi connectivity index (χ0n) is 11.9. The Morgan fingerprint density at radius 3 is 2.89 bits per heavy atom. The molecule has 0 radical (unpaired) electrons. The van der Waals surface area contributed by atoms with Crippen LogP contribution in [0.2, 0.25) is 0 Å². The third-order valence-electron chi connectivity index (χ3n) is 5.34. The molecule has 0 spiro atoms. The van der Waals surface area contributed by atoms with E-state index in [-0.39, 0.29) is 0 Å². The lowest BCUT2D eigenvalue weighted by Crippen LogP contribution is -2.50. The van der Waals surface area contributed by atoms with Crippen molar-refractivity contribution in [3.63, 3.8) is 0 Å². The average Bonchev–Trinajstić information content (AvgIpc) is 2.87. The molecule has 3 nitrogen and oxygen atoms in total. The lowest BCUT2D eigenvalue weighted by atomic mass is 9.95. The highest BCUT2D eigenvalue weighted by molar-refractivity contribution is 4.90. The molecule has 3 heterocycles. The van der Waals surface area contributed by atoms with Crippen LogP contribution in [0.4, 0.5) is 0 Å². The molecule has 3 atom stereocenters. The first-order chi connectivity index (χ1) is 8.83. The van der Waals surface area contributed by atoms with Crippen molar-refractivity contribution >= 4 is 0 Å². The van der Waals surface area contributed by atoms with E-state index in [0.717, 1.165) is 18.1 Å². The predicted molar refractivity (Wildman–Crippen MR) is 75.9 cm³/mol. The van der Waals surface area contributed by atoms with Crippen LogP contribution in [0.3, 0.4) is 0 Å². The molecule has 0 amide bonds. The van der Waals surface area contributed by atoms with Crippen molar-refractivity contribution in [2.24, 2.45) is 0 Å². The standard InChI is InChI=1S/C15H29N3/c1-17(12-13-5-2-3-8-16-13)14-7-10-18-9-4-6-15(18)11-14/h13-16H,2-12H2,1H3. The molecule has 104 valence electrons. The van der Waals surface area contributed by atoms with Crippen LogP contribution in [0.15, 0.2) is 0 Å². The van der Waals surface area contributed by atoms with Crippen molar-refractivity contribution < 1.29 is 0 Å². The van der Waals surface area contributed by atoms with Gasteiger partial charge in [0.2, 0.25) is 0 Å². The third kappa shape index (κ3) is 2.89. The van der Waals surface area contributed by atoms with Crippen LogP contribution in [0.1, 0.15) is 44.9 Å². The smallest absolute Gasteiger partial charge is 0.0195 e. The summed E-state index contributed by atoms with van der Waals surface area (Å²) in [5.74, 6) is 0. The fourth-order valence-electron chi connectivity index (χ4n) is 4.18. The summed E-state index contributed by atoms with van der Waals surface area (Å²) in [6, 6.07) is 2.50. The summed E-state index contributed by atoms with van der Waals surface area (Å²) < 4.78 is 0. The first-order valence-electron chi connectivity index (χ1n) is 8.00. The van der Waals surface area contributed by atoms with Gasteiger partial charge in [-0.2, -0.15) is 0 Å². The van der Waals surface area contributed by atoms with E-state index >= 15 is 0 Å². The fourth-order valence-corrected chi connectivity index (χ4v) is 4.18. The van der Waals surface area contributed by atoms with Crippen molar-refractivity contribution in [3.05, 3.63) is 0 Å². The molecular formula is C15H29N3. The van der Waals surface area contributed by atoms with Gasteiger partial charge >= 0.3 is 0 Å². The van der Waals surface area contributed by atoms with Crippen molar-refractivity contribution in [3.8, 4) is 0 Å². The molecule has 3 unspecified atom stereocenters. The molecule has 3 aliphatic heterocycles. The van der Waals surface area contributed by atoms with Gasteiger partial charge in [-0.05, 0) is 65.2 Å². The topological polar surface area (TPSA) is 18.5 Å². The van der Waals surface area contributed by atoms with Gasteiger partial charge in [-0.25, -0.2) is 0 Å². The summed E-state index contributed by atoms with van der Waals surface area (Å²) in [5.41, 5.74) is 0. The van der Waals surface area contributed by atoms with E-state index in [4.69, 9.17) is 0 Å². The predicted octanol–water partition coefficient (Wildman–Crippen LogP) is 1.69. The largest absolute Gasteiger partial charge is 0.313 e. The van der Waals surface area contributed by atoms with Gasteiger partial charge in [0, 0.05) is 24.7 Å². The second kappa shape index (κ2) is 5.89. The number of rotatable bonds is 3. The van der Waals surface area contributed by atoms with Crippen molar-refractivity contribution in [2.75, 3.05) is 33.2 Å². The quantitative estimate of drug-likeness (QED) is 0.823. The molecule has 3 aliphatic rings. The summed E-state index contributed by atoms with van der Waals surface area (Å²) in [4.78, 5) is 5.38. The Balaban J connectivity index is 1.48. The second-order valence-electron chi connectivity index (χ2n) is 6.60. The minimum Gasteiger partial charge on any atom is -0.313 e. The van der Waals surface area contributed by atoms with E-state index in [9.17, 15) is 0 Å². The molecule has 3 heteroatoms. The molecule has 0 saturated carbocycles. The maximum Gasteiger partial charge on any atom is 0.0195 e. The van der Waals surface area contributed by atoms with Crippen LogP contribution in [-0.2, 0) is 0 Å². The van der Waals surface area contributed by atoms with Crippen LogP contribution in [0.25, 0.3) is 0 Å². The number of piperidine rings is 2. The highest BCUT2D eigenvalue weighted by atomic mass is 15.2. The molecule has 0 aromatic carbocycles. The minimum atomic E-state index is 0.755. The van der Waals surface area contributed by atoms with E-state index in [0.29, 0.717) is 0 Å². The molecule has 1 N–H and O–H groups in total. The third-order valence-corrected chi connectivity index (χ3v) is 5.34. The van der Waals surface area contributed by atoms with Crippen LogP contribution in [0, 0.1) is 0 Å². The number of nitrogens with zero attached hydrogens (tertiary/aromatic N) is 2. The first kappa shape index (κ1) is 12.9. The Kier molecular flexibility index (Phi) is 4.22. The lowest BCUT2D eigenvalue weighted by Gasteiger charge is -2.40. The highest BCUT2D eigenvalue weighted by Gasteiger charge is 2.33. The molecule has 3 saturated heterocycles. The van der Waals surface area contributed by atoms with Crippen molar-refractivity contribution in [1.82, 2.24) is 15.1 Å². The lowest BCUT2D eigenvalue weighted by molar-refractivity contribution is 0.0953. The van der Waals surface area contributed by atoms with Gasteiger partial charge in [0.25, 0.3) is 0 Å². The number of hydrogen-bond donors (Lipinski definition) is 1. The molecule has 0 aromatic rings. The summed E-state index contributed by atoms with van der Waals surface area (Å²) in [6.07, 6.45) is 9.88. The van der Waals surface area contributed by atoms with Crippen molar-refractivity contribution in [2.45, 2.75) is 63.1 Å². The van der Waals surface area contributed by atoms with Crippen LogP contribution in [-0.4, -0.2) is 61.2 Å². The van der Waals surface area contributed by atoms with Crippen LogP contribution < -0.4 is 5.32 Å². The van der Waals surface area contributed by atoms with Crippen LogP contribution >= 0.6 is 0 Å². The maximum atomic E-state index is 3.68. The summed E-state index contributed by atoms with van der Waals surface area (Å²) in [5, 5.41) is 3.68. The van der Waals surface area contributed by atoms with Gasteiger partial charge in [-0.1, -0.05) is 6.42 Å². The minimum absolute atomic E-state index is 0.755. The highest BCUT2D eigenvalue weighted by Crippen LogP contribution is 2.29. The molecule has 3 rings (SSSR count). The SMILES string of the molecule is CN(CC1CCCCN1)C1CCN2CCCC2C1. The van der Waals surface area contributed by atoms with Crippen molar-refractivity contribution in [1.29, 1.82) is 0 Å². The zero-order chi connectivity index (χ0) is 12.4. The van der Waals surface area contributed by atoms with E-state index in [1.807, 2.05) is 0 Å². The maximum absolute atomic E-state index is 3.68. The first-order valence-corrected chi connectivity index (χ1v) is 8.00. The number of fused-ring (bicyclic) bond motifs is 1. The Morgan fingerprint density at radius 2 is 2.06 bits per heavy atom. The summed E-state index contributed by atoms with van der Waals surface area (Å²) in [7, 11) is 2.35. The Hall–Kier alpha value is -0.120. The molecule has 0 bridgehead atoms. The van der Waals surface area contributed by atoms with Gasteiger partial charge < -0.3 is 15.1 Å². The number of likely N-dealkylation sites (N-methyl/N-ethyl adjacent to an activating group) is 1. The van der Waals surface area contributed by atoms with Gasteiger partial charge in [0.1, 0.15) is 0 Å². The number of nitrogens with one attached hydrogen (secondary N) is 1. The Morgan fingerprint density at radius 1 is 1.11 bits per heavy atom. The molecular weight excluding hydrogens is 222 g/mol. The zero-order valence-corrected chi connectivity index (χ0v) is 11.9.